The number of hydrogen-bond donors (Lipinski definition) is 2. The van der Waals surface area contributed by atoms with E-state index in [0.717, 1.165) is 0 Å². The van der Waals surface area contributed by atoms with Crippen LogP contribution in [0.15, 0.2) is 42.5 Å². The van der Waals surface area contributed by atoms with Gasteiger partial charge < -0.3 is 10.4 Å². The number of carbonyl (C=O) groups is 2. The molecule has 0 aliphatic heterocycles. The number of aromatic nitrogens is 1. The molecule has 6 heteroatoms. The van der Waals surface area contributed by atoms with Crippen LogP contribution in [0.3, 0.4) is 0 Å². The number of rotatable bonds is 4. The molecule has 1 heterocycles. The molecular weight excluding hydrogens is 292 g/mol. The molecule has 2 rings (SSSR count). The summed E-state index contributed by atoms with van der Waals surface area (Å²) in [5.41, 5.74) is 1.35. The van der Waals surface area contributed by atoms with Crippen LogP contribution in [0.25, 0.3) is 0 Å². The zero-order chi connectivity index (χ0) is 15.4. The van der Waals surface area contributed by atoms with E-state index in [0.29, 0.717) is 11.3 Å². The van der Waals surface area contributed by atoms with Crippen LogP contribution in [0.4, 0.5) is 0 Å². The van der Waals surface area contributed by atoms with Gasteiger partial charge in [-0.3, -0.25) is 4.79 Å². The average molecular weight is 305 g/mol. The minimum absolute atomic E-state index is 0.187. The Bertz CT molecular complexity index is 654. The van der Waals surface area contributed by atoms with Crippen molar-refractivity contribution in [1.29, 1.82) is 0 Å². The Balaban J connectivity index is 2.25. The molecule has 108 valence electrons. The molecule has 0 bridgehead atoms. The molecule has 0 saturated heterocycles. The highest BCUT2D eigenvalue weighted by molar-refractivity contribution is 6.29. The molecule has 1 amide bonds. The van der Waals surface area contributed by atoms with Crippen molar-refractivity contribution in [2.24, 2.45) is 0 Å². The lowest BCUT2D eigenvalue weighted by Gasteiger charge is -2.15. The third-order valence-corrected chi connectivity index (χ3v) is 3.03. The Hall–Kier alpha value is -2.40. The monoisotopic (exact) mass is 304 g/mol. The van der Waals surface area contributed by atoms with Crippen LogP contribution in [0.5, 0.6) is 0 Å². The Morgan fingerprint density at radius 3 is 2.48 bits per heavy atom. The zero-order valence-electron chi connectivity index (χ0n) is 11.2. The van der Waals surface area contributed by atoms with Crippen molar-refractivity contribution in [3.8, 4) is 0 Å². The first-order chi connectivity index (χ1) is 9.97. The summed E-state index contributed by atoms with van der Waals surface area (Å²) >= 11 is 5.80. The molecule has 1 aromatic carbocycles. The number of benzene rings is 1. The van der Waals surface area contributed by atoms with Crippen LogP contribution in [0, 0.1) is 6.92 Å². The van der Waals surface area contributed by atoms with Gasteiger partial charge >= 0.3 is 5.97 Å². The molecule has 0 spiro atoms. The molecule has 0 fully saturated rings. The number of carboxylic acids is 1. The molecule has 21 heavy (non-hydrogen) atoms. The number of amides is 1. The fourth-order valence-corrected chi connectivity index (χ4v) is 2.16. The highest BCUT2D eigenvalue weighted by Crippen LogP contribution is 2.15. The normalized spacial score (nSPS) is 11.7. The maximum Gasteiger partial charge on any atom is 0.330 e. The molecule has 0 aliphatic carbocycles. The van der Waals surface area contributed by atoms with Gasteiger partial charge in [0.05, 0.1) is 0 Å². The van der Waals surface area contributed by atoms with Crippen LogP contribution in [0.2, 0.25) is 5.15 Å². The third-order valence-electron chi connectivity index (χ3n) is 2.84. The Labute approximate surface area is 126 Å². The van der Waals surface area contributed by atoms with Gasteiger partial charge in [0.15, 0.2) is 6.04 Å². The fourth-order valence-electron chi connectivity index (χ4n) is 1.91. The average Bonchev–Trinajstić information content (AvgIpc) is 2.44. The lowest BCUT2D eigenvalue weighted by atomic mass is 10.1. The summed E-state index contributed by atoms with van der Waals surface area (Å²) in [7, 11) is 0. The van der Waals surface area contributed by atoms with E-state index in [1.807, 2.05) is 0 Å². The number of pyridine rings is 1. The van der Waals surface area contributed by atoms with Crippen LogP contribution in [-0.2, 0) is 4.79 Å². The first kappa shape index (κ1) is 15.0. The number of nitrogens with zero attached hydrogens (tertiary/aromatic N) is 1. The second-order valence-corrected chi connectivity index (χ2v) is 4.86. The standard InChI is InChI=1S/C15H13ClN2O3/c1-9-7-11(8-12(16)17-9)14(19)18-13(15(20)21)10-5-3-2-4-6-10/h2-8,13H,1H3,(H,18,19)(H,20,21). The maximum atomic E-state index is 12.2. The van der Waals surface area contributed by atoms with E-state index < -0.39 is 17.9 Å². The molecule has 1 aromatic heterocycles. The lowest BCUT2D eigenvalue weighted by Crippen LogP contribution is -2.33. The first-order valence-electron chi connectivity index (χ1n) is 6.20. The van der Waals surface area contributed by atoms with Crippen LogP contribution < -0.4 is 5.32 Å². The minimum atomic E-state index is -1.13. The van der Waals surface area contributed by atoms with Gasteiger partial charge in [0.1, 0.15) is 5.15 Å². The number of halogens is 1. The Morgan fingerprint density at radius 1 is 1.24 bits per heavy atom. The second-order valence-electron chi connectivity index (χ2n) is 4.48. The van der Waals surface area contributed by atoms with Crippen molar-refractivity contribution in [2.75, 3.05) is 0 Å². The molecule has 2 aromatic rings. The van der Waals surface area contributed by atoms with Crippen LogP contribution in [-0.4, -0.2) is 22.0 Å². The van der Waals surface area contributed by atoms with Gasteiger partial charge in [-0.15, -0.1) is 0 Å². The van der Waals surface area contributed by atoms with E-state index in [9.17, 15) is 14.7 Å². The molecule has 0 radical (unpaired) electrons. The number of nitrogens with one attached hydrogen (secondary N) is 1. The number of carbonyl (C=O) groups excluding carboxylic acids is 1. The minimum Gasteiger partial charge on any atom is -0.479 e. The molecule has 1 atom stereocenters. The van der Waals surface area contributed by atoms with Crippen molar-refractivity contribution in [3.63, 3.8) is 0 Å². The van der Waals surface area contributed by atoms with Crippen molar-refractivity contribution in [2.45, 2.75) is 13.0 Å². The summed E-state index contributed by atoms with van der Waals surface area (Å²) in [5, 5.41) is 11.9. The highest BCUT2D eigenvalue weighted by atomic mass is 35.5. The Morgan fingerprint density at radius 2 is 1.90 bits per heavy atom. The van der Waals surface area contributed by atoms with Gasteiger partial charge in [-0.25, -0.2) is 9.78 Å². The van der Waals surface area contributed by atoms with Gasteiger partial charge in [-0.2, -0.15) is 0 Å². The largest absolute Gasteiger partial charge is 0.479 e. The van der Waals surface area contributed by atoms with E-state index in [1.54, 1.807) is 43.3 Å². The molecule has 0 saturated carbocycles. The van der Waals surface area contributed by atoms with Gasteiger partial charge in [-0.1, -0.05) is 41.9 Å². The fraction of sp³-hybridized carbons (Fsp3) is 0.133. The first-order valence-corrected chi connectivity index (χ1v) is 6.58. The van der Waals surface area contributed by atoms with Crippen molar-refractivity contribution >= 4 is 23.5 Å². The van der Waals surface area contributed by atoms with Crippen molar-refractivity contribution in [3.05, 3.63) is 64.4 Å². The molecule has 5 nitrogen and oxygen atoms in total. The summed E-state index contributed by atoms with van der Waals surface area (Å²) in [4.78, 5) is 27.5. The highest BCUT2D eigenvalue weighted by Gasteiger charge is 2.22. The quantitative estimate of drug-likeness (QED) is 0.851. The maximum absolute atomic E-state index is 12.2. The van der Waals surface area contributed by atoms with E-state index in [1.165, 1.54) is 6.07 Å². The zero-order valence-corrected chi connectivity index (χ0v) is 12.0. The SMILES string of the molecule is Cc1cc(C(=O)NC(C(=O)O)c2ccccc2)cc(Cl)n1. The third kappa shape index (κ3) is 3.79. The summed E-state index contributed by atoms with van der Waals surface area (Å²) in [6, 6.07) is 10.3. The summed E-state index contributed by atoms with van der Waals surface area (Å²) in [6.45, 7) is 1.70. The second kappa shape index (κ2) is 6.37. The number of hydrogen-bond acceptors (Lipinski definition) is 3. The van der Waals surface area contributed by atoms with Crippen molar-refractivity contribution in [1.82, 2.24) is 10.3 Å². The predicted octanol–water partition coefficient (Wildman–Crippen LogP) is 2.60. The van der Waals surface area contributed by atoms with E-state index in [-0.39, 0.29) is 10.7 Å². The Kier molecular flexibility index (Phi) is 4.55. The van der Waals surface area contributed by atoms with E-state index in [4.69, 9.17) is 11.6 Å². The lowest BCUT2D eigenvalue weighted by molar-refractivity contribution is -0.139. The summed E-state index contributed by atoms with van der Waals surface area (Å²) < 4.78 is 0. The molecule has 1 unspecified atom stereocenters. The summed E-state index contributed by atoms with van der Waals surface area (Å²) in [6.07, 6.45) is 0. The van der Waals surface area contributed by atoms with E-state index in [2.05, 4.69) is 10.3 Å². The predicted molar refractivity (Wildman–Crippen MR) is 78.3 cm³/mol. The number of aliphatic carboxylic acids is 1. The van der Waals surface area contributed by atoms with Crippen LogP contribution >= 0.6 is 11.6 Å². The van der Waals surface area contributed by atoms with Gasteiger partial charge in [0.25, 0.3) is 5.91 Å². The number of aryl methyl sites for hydroxylation is 1. The van der Waals surface area contributed by atoms with Crippen LogP contribution in [0.1, 0.15) is 27.7 Å². The van der Waals surface area contributed by atoms with E-state index >= 15 is 0 Å². The van der Waals surface area contributed by atoms with Crippen molar-refractivity contribution < 1.29 is 14.7 Å². The van der Waals surface area contributed by atoms with Gasteiger partial charge in [0.2, 0.25) is 0 Å². The molecule has 0 aliphatic rings. The number of carboxylic acid groups (broad SMARTS) is 1. The topological polar surface area (TPSA) is 79.3 Å². The van der Waals surface area contributed by atoms with Gasteiger partial charge in [-0.05, 0) is 24.6 Å². The smallest absolute Gasteiger partial charge is 0.330 e. The molecule has 2 N–H and O–H groups in total. The summed E-state index contributed by atoms with van der Waals surface area (Å²) in [5.74, 6) is -1.65. The van der Waals surface area contributed by atoms with Gasteiger partial charge in [0, 0.05) is 11.3 Å². The molecular formula is C15H13ClN2O3.